The summed E-state index contributed by atoms with van der Waals surface area (Å²) < 4.78 is 0. The highest BCUT2D eigenvalue weighted by Gasteiger charge is 2.37. The second-order valence-corrected chi connectivity index (χ2v) is 6.44. The largest absolute Gasteiger partial charge is 0.310 e. The molecular weight excluding hydrogens is 276 g/mol. The van der Waals surface area contributed by atoms with Crippen LogP contribution in [0.2, 0.25) is 0 Å². The number of nitrogens with zero attached hydrogens (tertiary/aromatic N) is 2. The van der Waals surface area contributed by atoms with Gasteiger partial charge in [-0.15, -0.1) is 11.8 Å². The van der Waals surface area contributed by atoms with Crippen molar-refractivity contribution in [2.75, 3.05) is 18.0 Å². The van der Waals surface area contributed by atoms with Crippen molar-refractivity contribution >= 4 is 29.8 Å². The minimum atomic E-state index is -0.446. The predicted octanol–water partition coefficient (Wildman–Crippen LogP) is 1.75. The van der Waals surface area contributed by atoms with Crippen LogP contribution in [0, 0.1) is 5.92 Å². The molecule has 1 heterocycles. The lowest BCUT2D eigenvalue weighted by atomic mass is 10.2. The van der Waals surface area contributed by atoms with Gasteiger partial charge in [0.25, 0.3) is 0 Å². The van der Waals surface area contributed by atoms with E-state index >= 15 is 0 Å². The molecule has 3 rings (SSSR count). The molecule has 2 amide bonds. The van der Waals surface area contributed by atoms with E-state index in [4.69, 9.17) is 0 Å². The lowest BCUT2D eigenvalue weighted by Gasteiger charge is -2.34. The van der Waals surface area contributed by atoms with Gasteiger partial charge >= 0.3 is 0 Å². The summed E-state index contributed by atoms with van der Waals surface area (Å²) in [5.74, 6) is 0.563. The van der Waals surface area contributed by atoms with Gasteiger partial charge in [0.15, 0.2) is 0 Å². The molecule has 0 bridgehead atoms. The Morgan fingerprint density at radius 3 is 2.85 bits per heavy atom. The van der Waals surface area contributed by atoms with Crippen LogP contribution in [-0.2, 0) is 9.59 Å². The molecule has 0 spiro atoms. The van der Waals surface area contributed by atoms with Crippen molar-refractivity contribution in [2.45, 2.75) is 23.0 Å². The fraction of sp³-hybridized carbons (Fsp3) is 0.429. The fourth-order valence-electron chi connectivity index (χ4n) is 2.35. The standard InChI is InChI=1S/C14H16N2O3S/c17-9-15(19)8-13-14(18)16(7-10-5-6-10)11-3-1-2-4-12(11)20-13/h1-4,9-10,13,19H,5-8H2. The molecule has 1 fully saturated rings. The summed E-state index contributed by atoms with van der Waals surface area (Å²) in [6, 6.07) is 7.79. The van der Waals surface area contributed by atoms with Gasteiger partial charge in [-0.25, -0.2) is 5.06 Å². The highest BCUT2D eigenvalue weighted by molar-refractivity contribution is 8.01. The molecule has 20 heavy (non-hydrogen) atoms. The first-order valence-electron chi connectivity index (χ1n) is 6.67. The summed E-state index contributed by atoms with van der Waals surface area (Å²) in [7, 11) is 0. The first kappa shape index (κ1) is 13.5. The van der Waals surface area contributed by atoms with Crippen LogP contribution >= 0.6 is 11.8 Å². The van der Waals surface area contributed by atoms with E-state index in [9.17, 15) is 14.8 Å². The summed E-state index contributed by atoms with van der Waals surface area (Å²) >= 11 is 1.41. The van der Waals surface area contributed by atoms with Crippen LogP contribution in [0.1, 0.15) is 12.8 Å². The number of amides is 2. The highest BCUT2D eigenvalue weighted by Crippen LogP contribution is 2.41. The third kappa shape index (κ3) is 2.66. The first-order valence-corrected chi connectivity index (χ1v) is 7.55. The van der Waals surface area contributed by atoms with Crippen LogP contribution in [0.3, 0.4) is 0 Å². The van der Waals surface area contributed by atoms with Crippen LogP contribution < -0.4 is 4.90 Å². The molecule has 0 saturated heterocycles. The molecule has 2 aliphatic rings. The van der Waals surface area contributed by atoms with Crippen molar-refractivity contribution in [3.05, 3.63) is 24.3 Å². The van der Waals surface area contributed by atoms with Gasteiger partial charge in [-0.05, 0) is 30.9 Å². The van der Waals surface area contributed by atoms with Crippen molar-refractivity contribution in [2.24, 2.45) is 5.92 Å². The van der Waals surface area contributed by atoms with Gasteiger partial charge in [0, 0.05) is 11.4 Å². The zero-order chi connectivity index (χ0) is 14.1. The Hall–Kier alpha value is -1.53. The van der Waals surface area contributed by atoms with E-state index < -0.39 is 5.25 Å². The van der Waals surface area contributed by atoms with Gasteiger partial charge in [0.05, 0.1) is 12.2 Å². The number of rotatable bonds is 5. The van der Waals surface area contributed by atoms with Crippen LogP contribution in [0.25, 0.3) is 0 Å². The van der Waals surface area contributed by atoms with Gasteiger partial charge in [-0.1, -0.05) is 12.1 Å². The summed E-state index contributed by atoms with van der Waals surface area (Å²) in [4.78, 5) is 25.9. The maximum absolute atomic E-state index is 12.6. The quantitative estimate of drug-likeness (QED) is 0.510. The zero-order valence-corrected chi connectivity index (χ0v) is 11.8. The van der Waals surface area contributed by atoms with E-state index in [2.05, 4.69) is 0 Å². The Morgan fingerprint density at radius 1 is 1.40 bits per heavy atom. The predicted molar refractivity (Wildman–Crippen MR) is 75.7 cm³/mol. The second kappa shape index (κ2) is 5.46. The van der Waals surface area contributed by atoms with Crippen LogP contribution in [0.15, 0.2) is 29.2 Å². The molecule has 6 heteroatoms. The van der Waals surface area contributed by atoms with Crippen LogP contribution in [0.4, 0.5) is 5.69 Å². The SMILES string of the molecule is O=CN(O)CC1Sc2ccccc2N(CC2CC2)C1=O. The molecule has 5 nitrogen and oxygen atoms in total. The number of hydroxylamine groups is 2. The van der Waals surface area contributed by atoms with E-state index in [1.165, 1.54) is 24.6 Å². The highest BCUT2D eigenvalue weighted by atomic mass is 32.2. The van der Waals surface area contributed by atoms with E-state index in [-0.39, 0.29) is 12.5 Å². The van der Waals surface area contributed by atoms with Crippen LogP contribution in [-0.4, -0.2) is 40.9 Å². The molecule has 1 N–H and O–H groups in total. The number of carbonyl (C=O) groups is 2. The van der Waals surface area contributed by atoms with Gasteiger partial charge in [0.2, 0.25) is 12.3 Å². The Morgan fingerprint density at radius 2 is 2.15 bits per heavy atom. The lowest BCUT2D eigenvalue weighted by molar-refractivity contribution is -0.150. The summed E-state index contributed by atoms with van der Waals surface area (Å²) in [5.41, 5.74) is 0.946. The Bertz CT molecular complexity index is 533. The molecule has 106 valence electrons. The Kier molecular flexibility index (Phi) is 3.67. The number of para-hydroxylation sites is 1. The summed E-state index contributed by atoms with van der Waals surface area (Å²) in [5, 5.41) is 9.43. The number of fused-ring (bicyclic) bond motifs is 1. The average Bonchev–Trinajstić information content (AvgIpc) is 3.27. The normalized spacial score (nSPS) is 21.6. The molecule has 1 unspecified atom stereocenters. The summed E-state index contributed by atoms with van der Waals surface area (Å²) in [6.45, 7) is 0.752. The molecule has 1 aliphatic carbocycles. The fourth-order valence-corrected chi connectivity index (χ4v) is 3.57. The monoisotopic (exact) mass is 292 g/mol. The first-order chi connectivity index (χ1) is 9.69. The molecule has 1 aromatic carbocycles. The minimum Gasteiger partial charge on any atom is -0.310 e. The van der Waals surface area contributed by atoms with Gasteiger partial charge in [-0.2, -0.15) is 0 Å². The molecule has 0 aromatic heterocycles. The molecule has 1 aliphatic heterocycles. The molecule has 1 atom stereocenters. The van der Waals surface area contributed by atoms with Crippen LogP contribution in [0.5, 0.6) is 0 Å². The third-order valence-corrected chi connectivity index (χ3v) is 4.81. The van der Waals surface area contributed by atoms with Crippen molar-refractivity contribution in [1.29, 1.82) is 0 Å². The van der Waals surface area contributed by atoms with Gasteiger partial charge < -0.3 is 4.90 Å². The Labute approximate surface area is 121 Å². The van der Waals surface area contributed by atoms with E-state index in [1.807, 2.05) is 29.2 Å². The van der Waals surface area contributed by atoms with Crippen molar-refractivity contribution < 1.29 is 14.8 Å². The smallest absolute Gasteiger partial charge is 0.242 e. The number of thioether (sulfide) groups is 1. The second-order valence-electron chi connectivity index (χ2n) is 5.19. The maximum Gasteiger partial charge on any atom is 0.242 e. The lowest BCUT2D eigenvalue weighted by Crippen LogP contribution is -2.46. The number of carbonyl (C=O) groups excluding carboxylic acids is 2. The van der Waals surface area contributed by atoms with E-state index in [0.717, 1.165) is 17.1 Å². The van der Waals surface area contributed by atoms with Crippen molar-refractivity contribution in [1.82, 2.24) is 5.06 Å². The van der Waals surface area contributed by atoms with Gasteiger partial charge in [0.1, 0.15) is 5.25 Å². The number of hydrogen-bond donors (Lipinski definition) is 1. The van der Waals surface area contributed by atoms with Crippen molar-refractivity contribution in [3.8, 4) is 0 Å². The number of anilines is 1. The van der Waals surface area contributed by atoms with Crippen molar-refractivity contribution in [3.63, 3.8) is 0 Å². The average molecular weight is 292 g/mol. The summed E-state index contributed by atoms with van der Waals surface area (Å²) in [6.07, 6.45) is 2.67. The van der Waals surface area contributed by atoms with E-state index in [1.54, 1.807) is 0 Å². The topological polar surface area (TPSA) is 60.9 Å². The maximum atomic E-state index is 12.6. The molecule has 1 aromatic rings. The number of hydrogen-bond acceptors (Lipinski definition) is 4. The van der Waals surface area contributed by atoms with Gasteiger partial charge in [-0.3, -0.25) is 14.8 Å². The Balaban J connectivity index is 1.86. The zero-order valence-electron chi connectivity index (χ0n) is 10.9. The molecule has 0 radical (unpaired) electrons. The molecule has 1 saturated carbocycles. The third-order valence-electron chi connectivity index (χ3n) is 3.58. The number of benzene rings is 1. The minimum absolute atomic E-state index is 0.0164. The molecular formula is C14H16N2O3S. The van der Waals surface area contributed by atoms with E-state index in [0.29, 0.717) is 17.4 Å².